The van der Waals surface area contributed by atoms with Gasteiger partial charge in [0, 0.05) is 51.4 Å². The van der Waals surface area contributed by atoms with Gasteiger partial charge in [-0.05, 0) is 31.9 Å². The molecule has 0 spiro atoms. The number of ether oxygens (including phenoxy) is 1. The van der Waals surface area contributed by atoms with E-state index < -0.39 is 0 Å². The van der Waals surface area contributed by atoms with Gasteiger partial charge >= 0.3 is 5.97 Å². The van der Waals surface area contributed by atoms with E-state index in [1.807, 2.05) is 0 Å². The monoisotopic (exact) mass is 502 g/mol. The molecule has 1 aliphatic heterocycles. The van der Waals surface area contributed by atoms with Crippen molar-refractivity contribution < 1.29 is 9.53 Å². The summed E-state index contributed by atoms with van der Waals surface area (Å²) in [5, 5.41) is 3.43. The Morgan fingerprint density at radius 2 is 1.75 bits per heavy atom. The predicted octanol–water partition coefficient (Wildman–Crippen LogP) is 3.52. The highest BCUT2D eigenvalue weighted by atomic mass is 127. The van der Waals surface area contributed by atoms with Gasteiger partial charge in [0.25, 0.3) is 0 Å². The minimum Gasteiger partial charge on any atom is -0.469 e. The Bertz CT molecular complexity index is 575. The van der Waals surface area contributed by atoms with Gasteiger partial charge in [0.15, 0.2) is 5.96 Å². The average Bonchev–Trinajstić information content (AvgIpc) is 2.73. The summed E-state index contributed by atoms with van der Waals surface area (Å²) in [5.41, 5.74) is 1.30. The molecule has 7 heteroatoms. The van der Waals surface area contributed by atoms with E-state index in [1.165, 1.54) is 12.8 Å². The molecule has 0 aromatic heterocycles. The molecule has 1 N–H and O–H groups in total. The molecule has 6 nitrogen and oxygen atoms in total. The molecular formula is C21H35IN4O2. The molecule has 0 radical (unpaired) electrons. The fourth-order valence-corrected chi connectivity index (χ4v) is 3.26. The summed E-state index contributed by atoms with van der Waals surface area (Å²) in [7, 11) is 1.44. The molecule has 1 fully saturated rings. The third-order valence-corrected chi connectivity index (χ3v) is 4.81. The third kappa shape index (κ3) is 8.67. The molecule has 1 aliphatic rings. The van der Waals surface area contributed by atoms with Crippen molar-refractivity contribution in [3.8, 4) is 0 Å². The molecule has 158 valence electrons. The number of rotatable bonds is 9. The van der Waals surface area contributed by atoms with E-state index in [0.717, 1.165) is 70.9 Å². The number of esters is 1. The smallest absolute Gasteiger partial charge is 0.305 e. The zero-order chi connectivity index (χ0) is 19.3. The molecule has 1 heterocycles. The maximum Gasteiger partial charge on any atom is 0.305 e. The largest absolute Gasteiger partial charge is 0.469 e. The van der Waals surface area contributed by atoms with Crippen molar-refractivity contribution in [3.63, 3.8) is 0 Å². The van der Waals surface area contributed by atoms with E-state index in [-0.39, 0.29) is 29.9 Å². The Hall–Kier alpha value is -1.51. The van der Waals surface area contributed by atoms with E-state index in [1.54, 1.807) is 0 Å². The molecule has 2 rings (SSSR count). The molecule has 0 atom stereocenters. The second-order valence-electron chi connectivity index (χ2n) is 6.79. The first kappa shape index (κ1) is 24.5. The number of benzene rings is 1. The number of methoxy groups -OCH3 is 1. The van der Waals surface area contributed by atoms with Gasteiger partial charge in [0.2, 0.25) is 0 Å². The summed E-state index contributed by atoms with van der Waals surface area (Å²) in [6, 6.07) is 10.6. The third-order valence-electron chi connectivity index (χ3n) is 4.81. The van der Waals surface area contributed by atoms with Gasteiger partial charge < -0.3 is 19.9 Å². The minimum atomic E-state index is -0.114. The maximum absolute atomic E-state index is 11.1. The number of para-hydroxylation sites is 1. The lowest BCUT2D eigenvalue weighted by molar-refractivity contribution is -0.140. The number of guanidine groups is 1. The van der Waals surface area contributed by atoms with Crippen LogP contribution in [-0.4, -0.2) is 63.2 Å². The molecule has 0 aliphatic carbocycles. The van der Waals surface area contributed by atoms with Crippen LogP contribution in [0.15, 0.2) is 35.3 Å². The van der Waals surface area contributed by atoms with Gasteiger partial charge in [-0.3, -0.25) is 9.79 Å². The molecule has 0 bridgehead atoms. The quantitative estimate of drug-likeness (QED) is 0.184. The van der Waals surface area contributed by atoms with E-state index in [9.17, 15) is 4.79 Å². The molecular weight excluding hydrogens is 467 g/mol. The summed E-state index contributed by atoms with van der Waals surface area (Å²) in [5.74, 6) is 0.914. The van der Waals surface area contributed by atoms with Crippen molar-refractivity contribution in [2.24, 2.45) is 4.99 Å². The molecule has 0 saturated carbocycles. The number of piperazine rings is 1. The van der Waals surface area contributed by atoms with Crippen molar-refractivity contribution in [1.82, 2.24) is 10.2 Å². The van der Waals surface area contributed by atoms with Gasteiger partial charge in [-0.2, -0.15) is 0 Å². The number of aliphatic imine (C=N–C) groups is 1. The van der Waals surface area contributed by atoms with Gasteiger partial charge in [-0.25, -0.2) is 0 Å². The van der Waals surface area contributed by atoms with Crippen LogP contribution in [0.3, 0.4) is 0 Å². The summed E-state index contributed by atoms with van der Waals surface area (Å²) < 4.78 is 4.66. The standard InChI is InChI=1S/C21H34N4O2.HI/c1-3-22-21(23-14-10-5-4-9-13-20(26)27-2)25-17-15-24(16-18-25)19-11-7-6-8-12-19;/h6-8,11-12H,3-5,9-10,13-18H2,1-2H3,(H,22,23);1H. The average molecular weight is 502 g/mol. The number of carbonyl (C=O) groups is 1. The van der Waals surface area contributed by atoms with Crippen LogP contribution in [0.4, 0.5) is 5.69 Å². The summed E-state index contributed by atoms with van der Waals surface area (Å²) in [6.45, 7) is 7.84. The first-order chi connectivity index (χ1) is 13.2. The number of hydrogen-bond acceptors (Lipinski definition) is 4. The highest BCUT2D eigenvalue weighted by Crippen LogP contribution is 2.15. The molecule has 1 aromatic carbocycles. The first-order valence-corrected chi connectivity index (χ1v) is 10.1. The van der Waals surface area contributed by atoms with Crippen LogP contribution in [0.25, 0.3) is 0 Å². The topological polar surface area (TPSA) is 57.2 Å². The van der Waals surface area contributed by atoms with Crippen molar-refractivity contribution in [2.45, 2.75) is 39.0 Å². The lowest BCUT2D eigenvalue weighted by Crippen LogP contribution is -2.52. The fourth-order valence-electron chi connectivity index (χ4n) is 3.26. The Kier molecular flexibility index (Phi) is 12.7. The Morgan fingerprint density at radius 1 is 1.07 bits per heavy atom. The van der Waals surface area contributed by atoms with Gasteiger partial charge in [-0.15, -0.1) is 24.0 Å². The van der Waals surface area contributed by atoms with Crippen LogP contribution in [0.1, 0.15) is 39.0 Å². The summed E-state index contributed by atoms with van der Waals surface area (Å²) in [6.07, 6.45) is 4.63. The highest BCUT2D eigenvalue weighted by molar-refractivity contribution is 14.0. The number of nitrogens with one attached hydrogen (secondary N) is 1. The second-order valence-corrected chi connectivity index (χ2v) is 6.79. The first-order valence-electron chi connectivity index (χ1n) is 10.1. The van der Waals surface area contributed by atoms with E-state index in [2.05, 4.69) is 57.1 Å². The van der Waals surface area contributed by atoms with Crippen molar-refractivity contribution in [2.75, 3.05) is 51.3 Å². The zero-order valence-electron chi connectivity index (χ0n) is 17.2. The van der Waals surface area contributed by atoms with Crippen molar-refractivity contribution >= 4 is 41.6 Å². The lowest BCUT2D eigenvalue weighted by atomic mass is 10.1. The van der Waals surface area contributed by atoms with Crippen LogP contribution in [0.2, 0.25) is 0 Å². The number of unbranched alkanes of at least 4 members (excludes halogenated alkanes) is 3. The Morgan fingerprint density at radius 3 is 2.39 bits per heavy atom. The van der Waals surface area contributed by atoms with Crippen molar-refractivity contribution in [1.29, 1.82) is 0 Å². The number of anilines is 1. The van der Waals surface area contributed by atoms with Gasteiger partial charge in [0.05, 0.1) is 7.11 Å². The lowest BCUT2D eigenvalue weighted by Gasteiger charge is -2.37. The molecule has 0 amide bonds. The highest BCUT2D eigenvalue weighted by Gasteiger charge is 2.19. The summed E-state index contributed by atoms with van der Waals surface area (Å²) >= 11 is 0. The van der Waals surface area contributed by atoms with Gasteiger partial charge in [-0.1, -0.05) is 31.0 Å². The maximum atomic E-state index is 11.1. The second kappa shape index (κ2) is 14.5. The molecule has 0 unspecified atom stereocenters. The SMILES string of the molecule is CCNC(=NCCCCCCC(=O)OC)N1CCN(c2ccccc2)CC1.I. The van der Waals surface area contributed by atoms with Crippen molar-refractivity contribution in [3.05, 3.63) is 30.3 Å². The van der Waals surface area contributed by atoms with Crippen LogP contribution < -0.4 is 10.2 Å². The number of hydrogen-bond donors (Lipinski definition) is 1. The zero-order valence-corrected chi connectivity index (χ0v) is 19.6. The molecule has 1 aromatic rings. The van der Waals surface area contributed by atoms with Crippen LogP contribution in [0, 0.1) is 0 Å². The van der Waals surface area contributed by atoms with Crippen LogP contribution in [0.5, 0.6) is 0 Å². The van der Waals surface area contributed by atoms with Crippen LogP contribution >= 0.6 is 24.0 Å². The Labute approximate surface area is 186 Å². The summed E-state index contributed by atoms with van der Waals surface area (Å²) in [4.78, 5) is 20.7. The van der Waals surface area contributed by atoms with E-state index in [0.29, 0.717) is 6.42 Å². The van der Waals surface area contributed by atoms with E-state index in [4.69, 9.17) is 4.99 Å². The molecule has 1 saturated heterocycles. The Balaban J connectivity index is 0.00000392. The number of halogens is 1. The fraction of sp³-hybridized carbons (Fsp3) is 0.619. The number of carbonyl (C=O) groups excluding carboxylic acids is 1. The van der Waals surface area contributed by atoms with Gasteiger partial charge in [0.1, 0.15) is 0 Å². The minimum absolute atomic E-state index is 0. The normalized spacial score (nSPS) is 14.4. The number of nitrogens with zero attached hydrogens (tertiary/aromatic N) is 3. The molecule has 28 heavy (non-hydrogen) atoms. The van der Waals surface area contributed by atoms with E-state index >= 15 is 0 Å². The predicted molar refractivity (Wildman–Crippen MR) is 127 cm³/mol. The van der Waals surface area contributed by atoms with Crippen LogP contribution in [-0.2, 0) is 9.53 Å².